The van der Waals surface area contributed by atoms with Crippen LogP contribution in [0.15, 0.2) is 170 Å². The summed E-state index contributed by atoms with van der Waals surface area (Å²) in [6.07, 6.45) is 0. The fraction of sp³-hybridized carbons (Fsp3) is 0.0833. The van der Waals surface area contributed by atoms with Gasteiger partial charge in [0.25, 0.3) is 0 Å². The molecule has 0 amide bonds. The van der Waals surface area contributed by atoms with Crippen molar-refractivity contribution in [2.24, 2.45) is 11.5 Å². The van der Waals surface area contributed by atoms with E-state index in [-0.39, 0.29) is 5.92 Å². The number of fused-ring (bicyclic) bond motifs is 5. The maximum absolute atomic E-state index is 7.98. The van der Waals surface area contributed by atoms with Crippen LogP contribution >= 0.6 is 11.3 Å². The van der Waals surface area contributed by atoms with Gasteiger partial charge in [0.1, 0.15) is 0 Å². The van der Waals surface area contributed by atoms with Crippen molar-refractivity contribution in [3.8, 4) is 22.3 Å². The summed E-state index contributed by atoms with van der Waals surface area (Å²) in [6.45, 7) is 2.51. The summed E-state index contributed by atoms with van der Waals surface area (Å²) in [5.74, 6) is -0.231. The van der Waals surface area contributed by atoms with E-state index in [4.69, 9.17) is 11.5 Å². The summed E-state index contributed by atoms with van der Waals surface area (Å²) < 4.78 is 2.57. The zero-order valence-corrected chi connectivity index (χ0v) is 29.3. The van der Waals surface area contributed by atoms with Gasteiger partial charge in [-0.15, -0.1) is 11.3 Å². The third-order valence-electron chi connectivity index (χ3n) is 10.7. The normalized spacial score (nSPS) is 13.5. The van der Waals surface area contributed by atoms with Gasteiger partial charge in [0, 0.05) is 32.6 Å². The lowest BCUT2D eigenvalue weighted by molar-refractivity contribution is 0.432. The van der Waals surface area contributed by atoms with Crippen molar-refractivity contribution in [2.75, 3.05) is 6.54 Å². The van der Waals surface area contributed by atoms with E-state index >= 15 is 0 Å². The Morgan fingerprint density at radius 1 is 0.569 bits per heavy atom. The summed E-state index contributed by atoms with van der Waals surface area (Å²) in [5.41, 5.74) is 23.3. The van der Waals surface area contributed by atoms with Crippen LogP contribution in [-0.2, 0) is 5.54 Å². The predicted octanol–water partition coefficient (Wildman–Crippen LogP) is 11.9. The Hall–Kier alpha value is -5.58. The summed E-state index contributed by atoms with van der Waals surface area (Å²) >= 11 is 1.85. The Kier molecular flexibility index (Phi) is 7.78. The van der Waals surface area contributed by atoms with E-state index in [2.05, 4.69) is 177 Å². The lowest BCUT2D eigenvalue weighted by Gasteiger charge is -2.39. The maximum atomic E-state index is 7.98. The van der Waals surface area contributed by atoms with Gasteiger partial charge in [-0.25, -0.2) is 0 Å². The number of rotatable bonds is 7. The highest BCUT2D eigenvalue weighted by Gasteiger charge is 2.40. The number of hydrogen-bond donors (Lipinski definition) is 2. The van der Waals surface area contributed by atoms with Gasteiger partial charge in [-0.05, 0) is 85.6 Å². The molecule has 246 valence electrons. The molecule has 0 saturated heterocycles. The third-order valence-corrected chi connectivity index (χ3v) is 11.9. The van der Waals surface area contributed by atoms with Gasteiger partial charge < -0.3 is 11.5 Å². The van der Waals surface area contributed by atoms with Crippen molar-refractivity contribution in [1.29, 1.82) is 0 Å². The maximum Gasteiger partial charge on any atom is 0.0753 e. The highest BCUT2D eigenvalue weighted by atomic mass is 32.1. The first-order valence-corrected chi connectivity index (χ1v) is 18.4. The molecule has 0 fully saturated rings. The van der Waals surface area contributed by atoms with Crippen LogP contribution in [0.5, 0.6) is 0 Å². The predicted molar refractivity (Wildman–Crippen MR) is 220 cm³/mol. The van der Waals surface area contributed by atoms with Crippen LogP contribution in [0.4, 0.5) is 0 Å². The summed E-state index contributed by atoms with van der Waals surface area (Å²) in [4.78, 5) is 0. The van der Waals surface area contributed by atoms with Crippen molar-refractivity contribution in [1.82, 2.24) is 0 Å². The molecule has 8 aromatic carbocycles. The van der Waals surface area contributed by atoms with E-state index in [1.165, 1.54) is 47.8 Å². The summed E-state index contributed by atoms with van der Waals surface area (Å²) in [7, 11) is 0. The SMILES string of the molecule is Cc1ccc(-c2ccc3sc4ccccc4c3c2-c2cccc(C(CN)C(N)(c3ccc4ccccc4c3)c3cccc4ccccc34)c2)cc1. The molecule has 0 radical (unpaired) electrons. The van der Waals surface area contributed by atoms with Crippen molar-refractivity contribution in [3.05, 3.63) is 192 Å². The Balaban J connectivity index is 1.30. The van der Waals surface area contributed by atoms with Gasteiger partial charge in [-0.3, -0.25) is 0 Å². The zero-order chi connectivity index (χ0) is 34.5. The van der Waals surface area contributed by atoms with Gasteiger partial charge in [-0.1, -0.05) is 157 Å². The first kappa shape index (κ1) is 31.4. The first-order chi connectivity index (χ1) is 25.0. The molecule has 9 rings (SSSR count). The lowest BCUT2D eigenvalue weighted by Crippen LogP contribution is -2.47. The molecule has 3 heteroatoms. The molecule has 4 N–H and O–H groups in total. The standard InChI is InChI=1S/C48H38N2S/c1-31-20-22-34(23-21-31)40-26-27-45-47(41-17-6-7-19-44(41)51-45)46(40)37-15-8-14-36(28-37)43(30-49)48(50,38-25-24-32-10-2-3-12-35(32)29-38)42-18-9-13-33-11-4-5-16-39(33)42/h2-29,43H,30,49-50H2,1H3. The Bertz CT molecular complexity index is 2720. The fourth-order valence-electron chi connectivity index (χ4n) is 8.16. The molecular weight excluding hydrogens is 637 g/mol. The Morgan fingerprint density at radius 2 is 1.27 bits per heavy atom. The molecule has 2 nitrogen and oxygen atoms in total. The van der Waals surface area contributed by atoms with Crippen LogP contribution in [0.2, 0.25) is 0 Å². The molecule has 0 saturated carbocycles. The molecular formula is C48H38N2S. The van der Waals surface area contributed by atoms with Crippen molar-refractivity contribution in [3.63, 3.8) is 0 Å². The number of hydrogen-bond acceptors (Lipinski definition) is 3. The van der Waals surface area contributed by atoms with Crippen LogP contribution in [0.3, 0.4) is 0 Å². The monoisotopic (exact) mass is 674 g/mol. The fourth-order valence-corrected chi connectivity index (χ4v) is 9.28. The van der Waals surface area contributed by atoms with E-state index < -0.39 is 5.54 Å². The smallest absolute Gasteiger partial charge is 0.0753 e. The van der Waals surface area contributed by atoms with Gasteiger partial charge in [-0.2, -0.15) is 0 Å². The quantitative estimate of drug-likeness (QED) is 0.177. The minimum atomic E-state index is -0.931. The summed E-state index contributed by atoms with van der Waals surface area (Å²) in [5, 5.41) is 7.22. The number of nitrogens with two attached hydrogens (primary N) is 2. The minimum absolute atomic E-state index is 0.231. The second-order valence-corrected chi connectivity index (χ2v) is 14.8. The van der Waals surface area contributed by atoms with Gasteiger partial charge >= 0.3 is 0 Å². The van der Waals surface area contributed by atoms with Gasteiger partial charge in [0.05, 0.1) is 5.54 Å². The molecule has 0 bridgehead atoms. The van der Waals surface area contributed by atoms with E-state index in [1.807, 2.05) is 11.3 Å². The van der Waals surface area contributed by atoms with Crippen LogP contribution in [0.1, 0.15) is 28.2 Å². The molecule has 0 aliphatic heterocycles. The second kappa shape index (κ2) is 12.6. The van der Waals surface area contributed by atoms with Gasteiger partial charge in [0.2, 0.25) is 0 Å². The molecule has 1 aromatic heterocycles. The van der Waals surface area contributed by atoms with Crippen LogP contribution < -0.4 is 11.5 Å². The van der Waals surface area contributed by atoms with Crippen LogP contribution in [0.25, 0.3) is 64.0 Å². The molecule has 0 spiro atoms. The summed E-state index contributed by atoms with van der Waals surface area (Å²) in [6, 6.07) is 61.4. The lowest BCUT2D eigenvalue weighted by atomic mass is 9.69. The van der Waals surface area contributed by atoms with Crippen LogP contribution in [0, 0.1) is 6.92 Å². The highest BCUT2D eigenvalue weighted by molar-refractivity contribution is 7.26. The molecule has 51 heavy (non-hydrogen) atoms. The zero-order valence-electron chi connectivity index (χ0n) is 28.5. The average molecular weight is 675 g/mol. The average Bonchev–Trinajstić information content (AvgIpc) is 3.56. The highest BCUT2D eigenvalue weighted by Crippen LogP contribution is 2.48. The first-order valence-electron chi connectivity index (χ1n) is 17.6. The largest absolute Gasteiger partial charge is 0.330 e. The Labute approximate surface area is 302 Å². The number of aryl methyl sites for hydroxylation is 1. The van der Waals surface area contributed by atoms with E-state index in [1.54, 1.807) is 0 Å². The molecule has 0 aliphatic carbocycles. The molecule has 1 heterocycles. The molecule has 2 unspecified atom stereocenters. The van der Waals surface area contributed by atoms with Crippen LogP contribution in [-0.4, -0.2) is 6.54 Å². The number of benzene rings is 8. The van der Waals surface area contributed by atoms with Crippen molar-refractivity contribution >= 4 is 53.1 Å². The number of thiophene rings is 1. The van der Waals surface area contributed by atoms with E-state index in [9.17, 15) is 0 Å². The van der Waals surface area contributed by atoms with Crippen molar-refractivity contribution < 1.29 is 0 Å². The Morgan fingerprint density at radius 3 is 2.10 bits per heavy atom. The van der Waals surface area contributed by atoms with E-state index in [0.29, 0.717) is 6.54 Å². The molecule has 2 atom stereocenters. The van der Waals surface area contributed by atoms with Crippen molar-refractivity contribution in [2.45, 2.75) is 18.4 Å². The van der Waals surface area contributed by atoms with Gasteiger partial charge in [0.15, 0.2) is 0 Å². The minimum Gasteiger partial charge on any atom is -0.330 e. The van der Waals surface area contributed by atoms with E-state index in [0.717, 1.165) is 38.4 Å². The molecule has 9 aromatic rings. The topological polar surface area (TPSA) is 52.0 Å². The second-order valence-electron chi connectivity index (χ2n) is 13.7. The third kappa shape index (κ3) is 5.25. The molecule has 0 aliphatic rings.